The van der Waals surface area contributed by atoms with E-state index in [-0.39, 0.29) is 5.56 Å². The molecular formula is C9H7F3O3. The Morgan fingerprint density at radius 2 is 2.00 bits per heavy atom. The second-order valence-corrected chi connectivity index (χ2v) is 2.57. The molecule has 3 nitrogen and oxygen atoms in total. The smallest absolute Gasteiger partial charge is 0.465 e. The lowest BCUT2D eigenvalue weighted by Crippen LogP contribution is -2.17. The topological polar surface area (TPSA) is 35.5 Å². The molecule has 0 spiro atoms. The third-order valence-corrected chi connectivity index (χ3v) is 1.49. The summed E-state index contributed by atoms with van der Waals surface area (Å²) < 4.78 is 43.4. The number of ether oxygens (including phenoxy) is 2. The minimum absolute atomic E-state index is 0.000694. The molecule has 1 aromatic carbocycles. The van der Waals surface area contributed by atoms with Crippen molar-refractivity contribution in [1.29, 1.82) is 0 Å². The van der Waals surface area contributed by atoms with Gasteiger partial charge >= 0.3 is 12.3 Å². The molecule has 0 saturated carbocycles. The van der Waals surface area contributed by atoms with Crippen LogP contribution in [0.1, 0.15) is 10.4 Å². The van der Waals surface area contributed by atoms with E-state index < -0.39 is 18.1 Å². The predicted octanol–water partition coefficient (Wildman–Crippen LogP) is 2.37. The van der Waals surface area contributed by atoms with Crippen LogP contribution in [0.3, 0.4) is 0 Å². The second-order valence-electron chi connectivity index (χ2n) is 2.57. The van der Waals surface area contributed by atoms with Gasteiger partial charge in [0.2, 0.25) is 0 Å². The molecule has 0 atom stereocenters. The van der Waals surface area contributed by atoms with Crippen LogP contribution in [-0.4, -0.2) is 19.4 Å². The van der Waals surface area contributed by atoms with Gasteiger partial charge in [0, 0.05) is 0 Å². The summed E-state index contributed by atoms with van der Waals surface area (Å²) in [6.45, 7) is 0. The van der Waals surface area contributed by atoms with Crippen molar-refractivity contribution in [1.82, 2.24) is 0 Å². The van der Waals surface area contributed by atoms with Crippen LogP contribution in [0.15, 0.2) is 24.3 Å². The quantitative estimate of drug-likeness (QED) is 0.718. The van der Waals surface area contributed by atoms with Crippen LogP contribution >= 0.6 is 0 Å². The Bertz CT molecular complexity index is 360. The molecule has 0 aliphatic carbocycles. The lowest BCUT2D eigenvalue weighted by Gasteiger charge is -2.09. The van der Waals surface area contributed by atoms with Crippen molar-refractivity contribution in [2.75, 3.05) is 7.11 Å². The Morgan fingerprint density at radius 1 is 1.33 bits per heavy atom. The van der Waals surface area contributed by atoms with Crippen molar-refractivity contribution in [2.24, 2.45) is 0 Å². The molecule has 0 aliphatic heterocycles. The van der Waals surface area contributed by atoms with Crippen molar-refractivity contribution in [2.45, 2.75) is 6.36 Å². The lowest BCUT2D eigenvalue weighted by molar-refractivity contribution is -0.274. The molecule has 0 aliphatic rings. The van der Waals surface area contributed by atoms with E-state index in [1.54, 1.807) is 0 Å². The lowest BCUT2D eigenvalue weighted by atomic mass is 10.2. The van der Waals surface area contributed by atoms with Crippen LogP contribution in [-0.2, 0) is 4.74 Å². The van der Waals surface area contributed by atoms with E-state index in [1.165, 1.54) is 12.1 Å². The van der Waals surface area contributed by atoms with E-state index in [0.29, 0.717) is 0 Å². The summed E-state index contributed by atoms with van der Waals surface area (Å²) in [6, 6.07) is 4.65. The van der Waals surface area contributed by atoms with Gasteiger partial charge in [-0.2, -0.15) is 0 Å². The Morgan fingerprint density at radius 3 is 2.53 bits per heavy atom. The molecule has 0 fully saturated rings. The average molecular weight is 220 g/mol. The first-order valence-electron chi connectivity index (χ1n) is 3.86. The summed E-state index contributed by atoms with van der Waals surface area (Å²) in [5.41, 5.74) is -0.000694. The number of rotatable bonds is 2. The third kappa shape index (κ3) is 3.49. The largest absolute Gasteiger partial charge is 0.573 e. The highest BCUT2D eigenvalue weighted by molar-refractivity contribution is 5.89. The fraction of sp³-hybridized carbons (Fsp3) is 0.222. The van der Waals surface area contributed by atoms with E-state index in [0.717, 1.165) is 19.2 Å². The first-order chi connectivity index (χ1) is 6.92. The normalized spacial score (nSPS) is 10.9. The Labute approximate surface area is 83.4 Å². The predicted molar refractivity (Wildman–Crippen MR) is 44.5 cm³/mol. The zero-order chi connectivity index (χ0) is 11.5. The van der Waals surface area contributed by atoms with Crippen molar-refractivity contribution >= 4 is 5.97 Å². The highest BCUT2D eigenvalue weighted by Gasteiger charge is 2.31. The minimum atomic E-state index is -4.77. The van der Waals surface area contributed by atoms with E-state index in [4.69, 9.17) is 0 Å². The van der Waals surface area contributed by atoms with Crippen LogP contribution < -0.4 is 4.74 Å². The standard InChI is InChI=1S/C9H7F3O3/c1-14-8(13)6-3-2-4-7(5-6)15-9(10,11)12/h2-5H,1H3. The second kappa shape index (κ2) is 4.20. The number of hydrogen-bond donors (Lipinski definition) is 0. The van der Waals surface area contributed by atoms with Gasteiger partial charge in [-0.3, -0.25) is 0 Å². The van der Waals surface area contributed by atoms with Gasteiger partial charge in [0.05, 0.1) is 12.7 Å². The number of alkyl halides is 3. The monoisotopic (exact) mass is 220 g/mol. The van der Waals surface area contributed by atoms with Gasteiger partial charge in [0.15, 0.2) is 0 Å². The molecule has 1 rings (SSSR count). The highest BCUT2D eigenvalue weighted by atomic mass is 19.4. The zero-order valence-corrected chi connectivity index (χ0v) is 7.67. The van der Waals surface area contributed by atoms with Gasteiger partial charge < -0.3 is 9.47 Å². The van der Waals surface area contributed by atoms with Crippen molar-refractivity contribution in [3.63, 3.8) is 0 Å². The fourth-order valence-electron chi connectivity index (χ4n) is 0.938. The molecule has 0 heterocycles. The molecule has 0 unspecified atom stereocenters. The van der Waals surface area contributed by atoms with Gasteiger partial charge in [0.1, 0.15) is 5.75 Å². The highest BCUT2D eigenvalue weighted by Crippen LogP contribution is 2.23. The van der Waals surface area contributed by atoms with Crippen molar-refractivity contribution < 1.29 is 27.4 Å². The molecule has 0 aromatic heterocycles. The van der Waals surface area contributed by atoms with Gasteiger partial charge in [-0.1, -0.05) is 6.07 Å². The molecule has 15 heavy (non-hydrogen) atoms. The molecule has 1 aromatic rings. The molecule has 0 amide bonds. The fourth-order valence-corrected chi connectivity index (χ4v) is 0.938. The molecule has 0 N–H and O–H groups in total. The maximum Gasteiger partial charge on any atom is 0.573 e. The van der Waals surface area contributed by atoms with Gasteiger partial charge in [-0.05, 0) is 18.2 Å². The first-order valence-corrected chi connectivity index (χ1v) is 3.86. The summed E-state index contributed by atoms with van der Waals surface area (Å²) in [7, 11) is 1.14. The maximum absolute atomic E-state index is 11.8. The van der Waals surface area contributed by atoms with Crippen LogP contribution in [0.2, 0.25) is 0 Å². The number of methoxy groups -OCH3 is 1. The Balaban J connectivity index is 2.88. The molecule has 82 valence electrons. The summed E-state index contributed by atoms with van der Waals surface area (Å²) in [6.07, 6.45) is -4.77. The summed E-state index contributed by atoms with van der Waals surface area (Å²) >= 11 is 0. The van der Waals surface area contributed by atoms with E-state index >= 15 is 0 Å². The van der Waals surface area contributed by atoms with Crippen molar-refractivity contribution in [3.05, 3.63) is 29.8 Å². The van der Waals surface area contributed by atoms with Crippen LogP contribution in [0, 0.1) is 0 Å². The Hall–Kier alpha value is -1.72. The Kier molecular flexibility index (Phi) is 3.18. The van der Waals surface area contributed by atoms with Crippen LogP contribution in [0.4, 0.5) is 13.2 Å². The van der Waals surface area contributed by atoms with E-state index in [2.05, 4.69) is 9.47 Å². The van der Waals surface area contributed by atoms with Crippen molar-refractivity contribution in [3.8, 4) is 5.75 Å². The number of hydrogen-bond acceptors (Lipinski definition) is 3. The summed E-state index contributed by atoms with van der Waals surface area (Å²) in [5.74, 6) is -1.17. The zero-order valence-electron chi connectivity index (χ0n) is 7.67. The van der Waals surface area contributed by atoms with Gasteiger partial charge in [-0.25, -0.2) is 4.79 Å². The van der Waals surface area contributed by atoms with Gasteiger partial charge in [-0.15, -0.1) is 13.2 Å². The number of halogens is 3. The SMILES string of the molecule is COC(=O)c1cccc(OC(F)(F)F)c1. The first kappa shape index (κ1) is 11.4. The van der Waals surface area contributed by atoms with Crippen LogP contribution in [0.25, 0.3) is 0 Å². The molecule has 0 radical (unpaired) electrons. The minimum Gasteiger partial charge on any atom is -0.465 e. The summed E-state index contributed by atoms with van der Waals surface area (Å²) in [5, 5.41) is 0. The maximum atomic E-state index is 11.8. The van der Waals surface area contributed by atoms with Gasteiger partial charge in [0.25, 0.3) is 0 Å². The average Bonchev–Trinajstić information content (AvgIpc) is 2.14. The number of esters is 1. The van der Waals surface area contributed by atoms with Crippen LogP contribution in [0.5, 0.6) is 5.75 Å². The van der Waals surface area contributed by atoms with E-state index in [1.807, 2.05) is 0 Å². The number of carbonyl (C=O) groups is 1. The third-order valence-electron chi connectivity index (χ3n) is 1.49. The molecular weight excluding hydrogens is 213 g/mol. The van der Waals surface area contributed by atoms with E-state index in [9.17, 15) is 18.0 Å². The molecule has 0 saturated heterocycles. The number of carbonyl (C=O) groups excluding carboxylic acids is 1. The molecule has 0 bridgehead atoms. The summed E-state index contributed by atoms with van der Waals surface area (Å²) in [4.78, 5) is 11.0. The molecule has 6 heteroatoms. The number of benzene rings is 1.